The van der Waals surface area contributed by atoms with Gasteiger partial charge in [0.25, 0.3) is 0 Å². The third-order valence-corrected chi connectivity index (χ3v) is 4.17. The molecule has 0 aliphatic carbocycles. The Balaban J connectivity index is 2.04. The van der Waals surface area contributed by atoms with Crippen molar-refractivity contribution >= 4 is 11.3 Å². The number of hydrogen-bond acceptors (Lipinski definition) is 2. The first-order chi connectivity index (χ1) is 8.83. The smallest absolute Gasteiger partial charge is 0.0346 e. The van der Waals surface area contributed by atoms with E-state index in [0.717, 1.165) is 19.5 Å². The van der Waals surface area contributed by atoms with Gasteiger partial charge in [0, 0.05) is 16.3 Å². The van der Waals surface area contributed by atoms with E-state index in [9.17, 15) is 0 Å². The van der Waals surface area contributed by atoms with Gasteiger partial charge in [-0.1, -0.05) is 38.1 Å². The van der Waals surface area contributed by atoms with E-state index in [-0.39, 0.29) is 0 Å². The third kappa shape index (κ3) is 3.44. The summed E-state index contributed by atoms with van der Waals surface area (Å²) in [7, 11) is 0. The highest BCUT2D eigenvalue weighted by Gasteiger charge is 2.02. The molecule has 2 rings (SSSR count). The minimum Gasteiger partial charge on any atom is -0.312 e. The highest BCUT2D eigenvalue weighted by molar-refractivity contribution is 7.15. The van der Waals surface area contributed by atoms with Crippen LogP contribution in [0.4, 0.5) is 0 Å². The first-order valence-corrected chi connectivity index (χ1v) is 7.54. The van der Waals surface area contributed by atoms with E-state index in [1.807, 2.05) is 11.3 Å². The van der Waals surface area contributed by atoms with Crippen LogP contribution in [0.1, 0.15) is 30.7 Å². The van der Waals surface area contributed by atoms with Crippen LogP contribution in [0.25, 0.3) is 10.4 Å². The van der Waals surface area contributed by atoms with Gasteiger partial charge in [0.1, 0.15) is 0 Å². The maximum atomic E-state index is 3.44. The first-order valence-electron chi connectivity index (χ1n) is 6.72. The Labute approximate surface area is 114 Å². The summed E-state index contributed by atoms with van der Waals surface area (Å²) in [6.07, 6.45) is 2.30. The van der Waals surface area contributed by atoms with E-state index in [4.69, 9.17) is 0 Å². The standard InChI is InChI=1S/C16H21NS/c1-3-11-17-12-15-9-10-16(18-15)14-7-5-13(4-2)6-8-14/h5-10,17H,3-4,11-12H2,1-2H3. The largest absolute Gasteiger partial charge is 0.312 e. The lowest BCUT2D eigenvalue weighted by Gasteiger charge is -2.00. The Kier molecular flexibility index (Phi) is 4.97. The summed E-state index contributed by atoms with van der Waals surface area (Å²) in [5.74, 6) is 0. The number of benzene rings is 1. The molecule has 0 unspecified atom stereocenters. The van der Waals surface area contributed by atoms with Crippen LogP contribution in [0.3, 0.4) is 0 Å². The predicted molar refractivity (Wildman–Crippen MR) is 81.1 cm³/mol. The van der Waals surface area contributed by atoms with E-state index in [1.54, 1.807) is 0 Å². The van der Waals surface area contributed by atoms with E-state index < -0.39 is 0 Å². The number of thiophene rings is 1. The van der Waals surface area contributed by atoms with Crippen LogP contribution in [0.5, 0.6) is 0 Å². The molecule has 0 fully saturated rings. The minimum absolute atomic E-state index is 0.992. The summed E-state index contributed by atoms with van der Waals surface area (Å²) < 4.78 is 0. The number of hydrogen-bond donors (Lipinski definition) is 1. The van der Waals surface area contributed by atoms with Crippen molar-refractivity contribution in [2.75, 3.05) is 6.54 Å². The number of nitrogens with one attached hydrogen (secondary N) is 1. The summed E-state index contributed by atoms with van der Waals surface area (Å²) in [5, 5.41) is 3.44. The molecule has 0 radical (unpaired) electrons. The SMILES string of the molecule is CCCNCc1ccc(-c2ccc(CC)cc2)s1. The summed E-state index contributed by atoms with van der Waals surface area (Å²) in [6, 6.07) is 13.4. The van der Waals surface area contributed by atoms with Gasteiger partial charge < -0.3 is 5.32 Å². The van der Waals surface area contributed by atoms with Gasteiger partial charge in [0.05, 0.1) is 0 Å². The Morgan fingerprint density at radius 2 is 1.78 bits per heavy atom. The van der Waals surface area contributed by atoms with Crippen molar-refractivity contribution in [2.24, 2.45) is 0 Å². The maximum absolute atomic E-state index is 3.44. The molecule has 1 aromatic heterocycles. The fraction of sp³-hybridized carbons (Fsp3) is 0.375. The molecule has 0 saturated heterocycles. The lowest BCUT2D eigenvalue weighted by molar-refractivity contribution is 0.681. The van der Waals surface area contributed by atoms with Gasteiger partial charge in [-0.3, -0.25) is 0 Å². The zero-order chi connectivity index (χ0) is 12.8. The lowest BCUT2D eigenvalue weighted by atomic mass is 10.1. The van der Waals surface area contributed by atoms with Crippen molar-refractivity contribution in [2.45, 2.75) is 33.2 Å². The average Bonchev–Trinajstić information content (AvgIpc) is 2.88. The molecule has 2 heteroatoms. The zero-order valence-corrected chi connectivity index (χ0v) is 12.0. The van der Waals surface area contributed by atoms with E-state index in [2.05, 4.69) is 55.6 Å². The molecule has 0 spiro atoms. The van der Waals surface area contributed by atoms with Gasteiger partial charge in [0.15, 0.2) is 0 Å². The Morgan fingerprint density at radius 3 is 2.44 bits per heavy atom. The van der Waals surface area contributed by atoms with Gasteiger partial charge in [-0.25, -0.2) is 0 Å². The maximum Gasteiger partial charge on any atom is 0.0346 e. The van der Waals surface area contributed by atoms with Gasteiger partial charge >= 0.3 is 0 Å². The van der Waals surface area contributed by atoms with Gasteiger partial charge in [-0.05, 0) is 42.6 Å². The molecular formula is C16H21NS. The summed E-state index contributed by atoms with van der Waals surface area (Å²) in [6.45, 7) is 6.48. The van der Waals surface area contributed by atoms with Crippen molar-refractivity contribution < 1.29 is 0 Å². The van der Waals surface area contributed by atoms with Crippen LogP contribution in [0.15, 0.2) is 36.4 Å². The van der Waals surface area contributed by atoms with Crippen LogP contribution in [0.2, 0.25) is 0 Å². The summed E-state index contributed by atoms with van der Waals surface area (Å²) >= 11 is 1.89. The summed E-state index contributed by atoms with van der Waals surface area (Å²) in [4.78, 5) is 2.78. The monoisotopic (exact) mass is 259 g/mol. The normalized spacial score (nSPS) is 10.8. The van der Waals surface area contributed by atoms with E-state index in [0.29, 0.717) is 0 Å². The molecule has 0 bridgehead atoms. The van der Waals surface area contributed by atoms with Gasteiger partial charge in [0.2, 0.25) is 0 Å². The number of aryl methyl sites for hydroxylation is 1. The van der Waals surface area contributed by atoms with E-state index in [1.165, 1.54) is 27.3 Å². The van der Waals surface area contributed by atoms with Crippen molar-refractivity contribution in [3.8, 4) is 10.4 Å². The highest BCUT2D eigenvalue weighted by Crippen LogP contribution is 2.28. The summed E-state index contributed by atoms with van der Waals surface area (Å²) in [5.41, 5.74) is 2.74. The molecule has 0 aliphatic rings. The molecule has 1 nitrogen and oxygen atoms in total. The second kappa shape index (κ2) is 6.72. The fourth-order valence-electron chi connectivity index (χ4n) is 1.92. The molecule has 0 amide bonds. The topological polar surface area (TPSA) is 12.0 Å². The van der Waals surface area contributed by atoms with Crippen molar-refractivity contribution in [3.63, 3.8) is 0 Å². The van der Waals surface area contributed by atoms with Gasteiger partial charge in [-0.2, -0.15) is 0 Å². The Hall–Kier alpha value is -1.12. The molecule has 18 heavy (non-hydrogen) atoms. The predicted octanol–water partition coefficient (Wildman–Crippen LogP) is 4.48. The Bertz CT molecular complexity index is 470. The van der Waals surface area contributed by atoms with Crippen molar-refractivity contribution in [1.29, 1.82) is 0 Å². The first kappa shape index (κ1) is 13.3. The van der Waals surface area contributed by atoms with Crippen molar-refractivity contribution in [3.05, 3.63) is 46.8 Å². The van der Waals surface area contributed by atoms with Crippen LogP contribution in [0, 0.1) is 0 Å². The second-order valence-corrected chi connectivity index (χ2v) is 5.66. The molecule has 1 heterocycles. The number of rotatable bonds is 6. The van der Waals surface area contributed by atoms with Crippen LogP contribution >= 0.6 is 11.3 Å². The molecule has 2 aromatic rings. The quantitative estimate of drug-likeness (QED) is 0.754. The second-order valence-electron chi connectivity index (χ2n) is 4.49. The molecule has 0 aliphatic heterocycles. The minimum atomic E-state index is 0.992. The highest BCUT2D eigenvalue weighted by atomic mass is 32.1. The van der Waals surface area contributed by atoms with Crippen LogP contribution < -0.4 is 5.32 Å². The zero-order valence-electron chi connectivity index (χ0n) is 11.2. The van der Waals surface area contributed by atoms with Crippen LogP contribution in [-0.2, 0) is 13.0 Å². The van der Waals surface area contributed by atoms with Gasteiger partial charge in [-0.15, -0.1) is 11.3 Å². The lowest BCUT2D eigenvalue weighted by Crippen LogP contribution is -2.12. The molecule has 1 aromatic carbocycles. The molecular weight excluding hydrogens is 238 g/mol. The third-order valence-electron chi connectivity index (χ3n) is 3.03. The molecule has 96 valence electrons. The van der Waals surface area contributed by atoms with Crippen LogP contribution in [-0.4, -0.2) is 6.54 Å². The average molecular weight is 259 g/mol. The molecule has 1 N–H and O–H groups in total. The molecule has 0 saturated carbocycles. The Morgan fingerprint density at radius 1 is 1.00 bits per heavy atom. The van der Waals surface area contributed by atoms with E-state index >= 15 is 0 Å². The van der Waals surface area contributed by atoms with Crippen molar-refractivity contribution in [1.82, 2.24) is 5.32 Å². The molecule has 0 atom stereocenters. The fourth-order valence-corrected chi connectivity index (χ4v) is 2.90.